The topological polar surface area (TPSA) is 80.8 Å². The van der Waals surface area contributed by atoms with Gasteiger partial charge in [0.25, 0.3) is 0 Å². The van der Waals surface area contributed by atoms with Crippen molar-refractivity contribution in [1.82, 2.24) is 20.2 Å². The van der Waals surface area contributed by atoms with Crippen molar-refractivity contribution in [2.75, 3.05) is 0 Å². The quantitative estimate of drug-likeness (QED) is 0.706. The number of hydrogen-bond acceptors (Lipinski definition) is 5. The van der Waals surface area contributed by atoms with Gasteiger partial charge in [-0.15, -0.1) is 0 Å². The average molecular weight is 254 g/mol. The molecule has 3 rings (SSSR count). The Morgan fingerprint density at radius 2 is 1.95 bits per heavy atom. The predicted molar refractivity (Wildman–Crippen MR) is 67.8 cm³/mol. The fourth-order valence-corrected chi connectivity index (χ4v) is 1.71. The molecule has 6 heteroatoms. The maximum atomic E-state index is 12.0. The lowest BCUT2D eigenvalue weighted by molar-refractivity contribution is 0.0729. The van der Waals surface area contributed by atoms with Crippen molar-refractivity contribution in [3.05, 3.63) is 48.2 Å². The van der Waals surface area contributed by atoms with E-state index in [1.54, 1.807) is 13.0 Å². The highest BCUT2D eigenvalue weighted by atomic mass is 16.5. The molecule has 0 bridgehead atoms. The Morgan fingerprint density at radius 3 is 2.74 bits per heavy atom. The number of para-hydroxylation sites is 1. The van der Waals surface area contributed by atoms with E-state index in [4.69, 9.17) is 4.74 Å². The number of aromatic nitrogens is 4. The molecule has 0 aliphatic heterocycles. The van der Waals surface area contributed by atoms with Gasteiger partial charge >= 0.3 is 5.97 Å². The van der Waals surface area contributed by atoms with E-state index in [-0.39, 0.29) is 5.69 Å². The standard InChI is InChI=1S/C13H10N4O2/c1-8-14-6-9(7-15-8)19-13(18)12-10-4-2-3-5-11(10)16-17-12/h2-7H,1H3,(H,16,17). The smallest absolute Gasteiger partial charge is 0.364 e. The highest BCUT2D eigenvalue weighted by Crippen LogP contribution is 2.17. The summed E-state index contributed by atoms with van der Waals surface area (Å²) in [4.78, 5) is 19.9. The number of fused-ring (bicyclic) bond motifs is 1. The average Bonchev–Trinajstić information content (AvgIpc) is 2.85. The zero-order valence-electron chi connectivity index (χ0n) is 10.1. The minimum absolute atomic E-state index is 0.246. The summed E-state index contributed by atoms with van der Waals surface area (Å²) in [6, 6.07) is 7.35. The van der Waals surface area contributed by atoms with Crippen LogP contribution >= 0.6 is 0 Å². The Labute approximate surface area is 108 Å². The molecule has 0 saturated carbocycles. The Morgan fingerprint density at radius 1 is 1.21 bits per heavy atom. The SMILES string of the molecule is Cc1ncc(OC(=O)c2n[nH]c3ccccc23)cn1. The molecule has 2 heterocycles. The second kappa shape index (κ2) is 4.49. The largest absolute Gasteiger partial charge is 0.418 e. The molecular formula is C13H10N4O2. The lowest BCUT2D eigenvalue weighted by Gasteiger charge is -2.01. The van der Waals surface area contributed by atoms with Crippen LogP contribution in [0.15, 0.2) is 36.7 Å². The summed E-state index contributed by atoms with van der Waals surface area (Å²) >= 11 is 0. The molecule has 0 unspecified atom stereocenters. The van der Waals surface area contributed by atoms with Crippen LogP contribution in [0.1, 0.15) is 16.3 Å². The van der Waals surface area contributed by atoms with Gasteiger partial charge in [0.2, 0.25) is 0 Å². The second-order valence-electron chi connectivity index (χ2n) is 3.97. The van der Waals surface area contributed by atoms with Crippen LogP contribution in [-0.2, 0) is 0 Å². The summed E-state index contributed by atoms with van der Waals surface area (Å²) in [5.41, 5.74) is 1.03. The number of ether oxygens (including phenoxy) is 1. The number of hydrogen-bond donors (Lipinski definition) is 1. The molecule has 1 aromatic carbocycles. The van der Waals surface area contributed by atoms with Crippen molar-refractivity contribution >= 4 is 16.9 Å². The zero-order valence-corrected chi connectivity index (χ0v) is 10.1. The van der Waals surface area contributed by atoms with Crippen molar-refractivity contribution < 1.29 is 9.53 Å². The van der Waals surface area contributed by atoms with E-state index in [9.17, 15) is 4.79 Å². The van der Waals surface area contributed by atoms with E-state index in [0.29, 0.717) is 11.6 Å². The van der Waals surface area contributed by atoms with Gasteiger partial charge in [0.15, 0.2) is 11.4 Å². The molecular weight excluding hydrogens is 244 g/mol. The second-order valence-corrected chi connectivity index (χ2v) is 3.97. The number of aryl methyl sites for hydroxylation is 1. The van der Waals surface area contributed by atoms with E-state index >= 15 is 0 Å². The van der Waals surface area contributed by atoms with Gasteiger partial charge in [0, 0.05) is 5.39 Å². The van der Waals surface area contributed by atoms with E-state index in [0.717, 1.165) is 10.9 Å². The Bertz CT molecular complexity index is 734. The van der Waals surface area contributed by atoms with Crippen molar-refractivity contribution in [1.29, 1.82) is 0 Å². The highest BCUT2D eigenvalue weighted by molar-refractivity contribution is 6.02. The highest BCUT2D eigenvalue weighted by Gasteiger charge is 2.16. The van der Waals surface area contributed by atoms with Crippen molar-refractivity contribution in [2.24, 2.45) is 0 Å². The maximum Gasteiger partial charge on any atom is 0.364 e. The van der Waals surface area contributed by atoms with Crippen molar-refractivity contribution in [3.8, 4) is 5.75 Å². The summed E-state index contributed by atoms with van der Waals surface area (Å²) in [6.07, 6.45) is 2.91. The van der Waals surface area contributed by atoms with Crippen LogP contribution in [0.2, 0.25) is 0 Å². The Kier molecular flexibility index (Phi) is 2.68. The number of nitrogens with one attached hydrogen (secondary N) is 1. The summed E-state index contributed by atoms with van der Waals surface area (Å²) in [6.45, 7) is 1.76. The Balaban J connectivity index is 1.90. The maximum absolute atomic E-state index is 12.0. The number of benzene rings is 1. The normalized spacial score (nSPS) is 10.6. The first kappa shape index (κ1) is 11.3. The third kappa shape index (κ3) is 2.15. The van der Waals surface area contributed by atoms with Crippen molar-refractivity contribution in [3.63, 3.8) is 0 Å². The molecule has 94 valence electrons. The first-order chi connectivity index (χ1) is 9.24. The summed E-state index contributed by atoms with van der Waals surface area (Å²) in [5.74, 6) is 0.373. The van der Waals surface area contributed by atoms with Gasteiger partial charge in [-0.2, -0.15) is 5.10 Å². The van der Waals surface area contributed by atoms with Crippen LogP contribution < -0.4 is 4.74 Å². The summed E-state index contributed by atoms with van der Waals surface area (Å²) < 4.78 is 5.18. The van der Waals surface area contributed by atoms with Gasteiger partial charge in [-0.3, -0.25) is 5.10 Å². The minimum atomic E-state index is -0.537. The summed E-state index contributed by atoms with van der Waals surface area (Å²) in [5, 5.41) is 7.47. The molecule has 2 aromatic heterocycles. The molecule has 1 N–H and O–H groups in total. The molecule has 3 aromatic rings. The van der Waals surface area contributed by atoms with Gasteiger partial charge in [0.1, 0.15) is 5.82 Å². The van der Waals surface area contributed by atoms with Gasteiger partial charge in [-0.25, -0.2) is 14.8 Å². The fraction of sp³-hybridized carbons (Fsp3) is 0.0769. The third-order valence-corrected chi connectivity index (χ3v) is 2.63. The molecule has 6 nitrogen and oxygen atoms in total. The number of nitrogens with zero attached hydrogens (tertiary/aromatic N) is 3. The zero-order chi connectivity index (χ0) is 13.2. The molecule has 0 amide bonds. The van der Waals surface area contributed by atoms with Crippen LogP contribution in [0.25, 0.3) is 10.9 Å². The number of rotatable bonds is 2. The van der Waals surface area contributed by atoms with Gasteiger partial charge < -0.3 is 4.74 Å². The van der Waals surface area contributed by atoms with Gasteiger partial charge in [0.05, 0.1) is 17.9 Å². The lowest BCUT2D eigenvalue weighted by atomic mass is 10.2. The fourth-order valence-electron chi connectivity index (χ4n) is 1.71. The van der Waals surface area contributed by atoms with E-state index in [1.807, 2.05) is 18.2 Å². The van der Waals surface area contributed by atoms with Crippen LogP contribution in [0, 0.1) is 6.92 Å². The lowest BCUT2D eigenvalue weighted by Crippen LogP contribution is -2.10. The molecule has 0 spiro atoms. The van der Waals surface area contributed by atoms with E-state index in [2.05, 4.69) is 20.2 Å². The molecule has 19 heavy (non-hydrogen) atoms. The van der Waals surface area contributed by atoms with Gasteiger partial charge in [-0.1, -0.05) is 18.2 Å². The number of aromatic amines is 1. The van der Waals surface area contributed by atoms with E-state index < -0.39 is 5.97 Å². The monoisotopic (exact) mass is 254 g/mol. The molecule has 0 atom stereocenters. The van der Waals surface area contributed by atoms with Crippen molar-refractivity contribution in [2.45, 2.75) is 6.92 Å². The van der Waals surface area contributed by atoms with Crippen LogP contribution in [0.4, 0.5) is 0 Å². The predicted octanol–water partition coefficient (Wildman–Crippen LogP) is 1.88. The Hall–Kier alpha value is -2.76. The minimum Gasteiger partial charge on any atom is -0.418 e. The third-order valence-electron chi connectivity index (χ3n) is 2.63. The number of H-pyrrole nitrogens is 1. The van der Waals surface area contributed by atoms with Crippen LogP contribution in [-0.4, -0.2) is 26.1 Å². The molecule has 0 aliphatic rings. The van der Waals surface area contributed by atoms with E-state index in [1.165, 1.54) is 12.4 Å². The van der Waals surface area contributed by atoms with Crippen LogP contribution in [0.3, 0.4) is 0 Å². The molecule has 0 saturated heterocycles. The first-order valence-corrected chi connectivity index (χ1v) is 5.68. The van der Waals surface area contributed by atoms with Gasteiger partial charge in [-0.05, 0) is 13.0 Å². The molecule has 0 aliphatic carbocycles. The molecule has 0 radical (unpaired) electrons. The molecule has 0 fully saturated rings. The number of esters is 1. The van der Waals surface area contributed by atoms with Crippen LogP contribution in [0.5, 0.6) is 5.75 Å². The summed E-state index contributed by atoms with van der Waals surface area (Å²) in [7, 11) is 0. The first-order valence-electron chi connectivity index (χ1n) is 5.68. The number of carbonyl (C=O) groups excluding carboxylic acids is 1. The number of carbonyl (C=O) groups is 1.